The zero-order valence-electron chi connectivity index (χ0n) is 53.2. The van der Waals surface area contributed by atoms with E-state index in [1.54, 1.807) is 0 Å². The van der Waals surface area contributed by atoms with Crippen LogP contribution in [-0.4, -0.2) is 37.2 Å². The van der Waals surface area contributed by atoms with Gasteiger partial charge in [-0.1, -0.05) is 333 Å². The third-order valence-electron chi connectivity index (χ3n) is 15.8. The molecule has 0 bridgehead atoms. The minimum absolute atomic E-state index is 0.0725. The minimum Gasteiger partial charge on any atom is -0.462 e. The van der Waals surface area contributed by atoms with E-state index >= 15 is 0 Å². The highest BCUT2D eigenvalue weighted by Crippen LogP contribution is 2.18. The summed E-state index contributed by atoms with van der Waals surface area (Å²) in [5, 5.41) is 0. The molecule has 0 saturated heterocycles. The first-order valence-corrected chi connectivity index (χ1v) is 35.1. The van der Waals surface area contributed by atoms with E-state index in [-0.39, 0.29) is 31.1 Å². The summed E-state index contributed by atoms with van der Waals surface area (Å²) in [6, 6.07) is 0. The first-order valence-electron chi connectivity index (χ1n) is 35.1. The molecule has 1 atom stereocenters. The average molecular weight is 1110 g/mol. The number of ether oxygens (including phenoxy) is 3. The van der Waals surface area contributed by atoms with E-state index in [1.807, 2.05) is 0 Å². The Morgan fingerprint density at radius 2 is 0.494 bits per heavy atom. The number of hydrogen-bond donors (Lipinski definition) is 0. The lowest BCUT2D eigenvalue weighted by atomic mass is 10.0. The summed E-state index contributed by atoms with van der Waals surface area (Å²) in [5.41, 5.74) is 0. The van der Waals surface area contributed by atoms with Crippen LogP contribution in [0.1, 0.15) is 380 Å². The van der Waals surface area contributed by atoms with Crippen LogP contribution in [0.5, 0.6) is 0 Å². The summed E-state index contributed by atoms with van der Waals surface area (Å²) >= 11 is 0. The van der Waals surface area contributed by atoms with Crippen molar-refractivity contribution in [2.45, 2.75) is 386 Å². The fraction of sp³-hybridized carbons (Fsp3) is 0.849. The van der Waals surface area contributed by atoms with E-state index in [0.717, 1.165) is 83.5 Å². The number of esters is 3. The average Bonchev–Trinajstić information content (AvgIpc) is 3.45. The topological polar surface area (TPSA) is 78.9 Å². The van der Waals surface area contributed by atoms with E-state index in [1.165, 1.54) is 257 Å². The predicted octanol–water partition coefficient (Wildman–Crippen LogP) is 24.1. The fourth-order valence-electron chi connectivity index (χ4n) is 10.6. The Morgan fingerprint density at radius 3 is 0.785 bits per heavy atom. The highest BCUT2D eigenvalue weighted by Gasteiger charge is 2.19. The molecule has 6 heteroatoms. The summed E-state index contributed by atoms with van der Waals surface area (Å²) in [6.45, 7) is 6.55. The largest absolute Gasteiger partial charge is 0.462 e. The van der Waals surface area contributed by atoms with Gasteiger partial charge in [-0.15, -0.1) is 0 Å². The molecule has 6 nitrogen and oxygen atoms in total. The molecule has 0 aliphatic carbocycles. The standard InChI is InChI=1S/C73H134O6/c1-4-7-10-13-16-19-21-23-25-27-28-29-30-31-32-33-34-35-36-37-38-39-40-41-42-43-44-46-47-49-51-54-57-60-63-66-72(75)78-69-70(68-77-71(74)65-62-59-56-53-18-15-12-9-6-3)79-73(76)67-64-61-58-55-52-50-48-45-26-24-22-20-17-14-11-8-5-2/h8,11,17,20,24,26-28,70H,4-7,9-10,12-16,18-19,21-23,25,29-69H2,1-3H3/b11-8-,20-17-,26-24-,28-27-. The summed E-state index contributed by atoms with van der Waals surface area (Å²) in [4.78, 5) is 38.2. The van der Waals surface area contributed by atoms with Gasteiger partial charge < -0.3 is 14.2 Å². The zero-order chi connectivity index (χ0) is 57.1. The Bertz CT molecular complexity index is 1360. The van der Waals surface area contributed by atoms with Crippen molar-refractivity contribution < 1.29 is 28.6 Å². The highest BCUT2D eigenvalue weighted by atomic mass is 16.6. The van der Waals surface area contributed by atoms with Gasteiger partial charge in [-0.25, -0.2) is 0 Å². The Kier molecular flexibility index (Phi) is 65.6. The van der Waals surface area contributed by atoms with Crippen molar-refractivity contribution in [3.05, 3.63) is 48.6 Å². The Morgan fingerprint density at radius 1 is 0.266 bits per heavy atom. The molecule has 0 heterocycles. The maximum Gasteiger partial charge on any atom is 0.306 e. The second-order valence-electron chi connectivity index (χ2n) is 23.8. The molecule has 0 saturated carbocycles. The van der Waals surface area contributed by atoms with E-state index in [4.69, 9.17) is 14.2 Å². The number of allylic oxidation sites excluding steroid dienone is 8. The second-order valence-corrected chi connectivity index (χ2v) is 23.8. The van der Waals surface area contributed by atoms with E-state index in [2.05, 4.69) is 69.4 Å². The van der Waals surface area contributed by atoms with Gasteiger partial charge in [0.15, 0.2) is 6.10 Å². The van der Waals surface area contributed by atoms with Crippen LogP contribution in [0.15, 0.2) is 48.6 Å². The molecule has 0 N–H and O–H groups in total. The smallest absolute Gasteiger partial charge is 0.306 e. The van der Waals surface area contributed by atoms with Gasteiger partial charge in [-0.05, 0) is 77.0 Å². The Hall–Kier alpha value is -2.63. The molecule has 0 rings (SSSR count). The third-order valence-corrected chi connectivity index (χ3v) is 15.8. The lowest BCUT2D eigenvalue weighted by molar-refractivity contribution is -0.167. The van der Waals surface area contributed by atoms with Crippen LogP contribution in [0, 0.1) is 0 Å². The van der Waals surface area contributed by atoms with Gasteiger partial charge in [0.05, 0.1) is 0 Å². The van der Waals surface area contributed by atoms with Crippen molar-refractivity contribution in [2.24, 2.45) is 0 Å². The number of carbonyl (C=O) groups is 3. The highest BCUT2D eigenvalue weighted by molar-refractivity contribution is 5.71. The Labute approximate surface area is 492 Å². The van der Waals surface area contributed by atoms with E-state index in [9.17, 15) is 14.4 Å². The molecule has 0 aromatic carbocycles. The Balaban J connectivity index is 3.99. The van der Waals surface area contributed by atoms with Gasteiger partial charge in [0.2, 0.25) is 0 Å². The second kappa shape index (κ2) is 67.9. The first-order chi connectivity index (χ1) is 39.0. The van der Waals surface area contributed by atoms with Gasteiger partial charge in [0.25, 0.3) is 0 Å². The number of unbranched alkanes of at least 4 members (excludes halogenated alkanes) is 46. The van der Waals surface area contributed by atoms with Crippen molar-refractivity contribution in [3.8, 4) is 0 Å². The molecule has 0 radical (unpaired) electrons. The van der Waals surface area contributed by atoms with Crippen LogP contribution in [0.2, 0.25) is 0 Å². The third kappa shape index (κ3) is 66.1. The van der Waals surface area contributed by atoms with Crippen LogP contribution < -0.4 is 0 Å². The molecule has 462 valence electrons. The lowest BCUT2D eigenvalue weighted by Gasteiger charge is -2.18. The maximum atomic E-state index is 12.9. The van der Waals surface area contributed by atoms with Crippen LogP contribution in [0.25, 0.3) is 0 Å². The quantitative estimate of drug-likeness (QED) is 0.0261. The van der Waals surface area contributed by atoms with Crippen LogP contribution in [-0.2, 0) is 28.6 Å². The van der Waals surface area contributed by atoms with Gasteiger partial charge >= 0.3 is 17.9 Å². The molecule has 0 aliphatic rings. The van der Waals surface area contributed by atoms with Crippen molar-refractivity contribution in [1.29, 1.82) is 0 Å². The van der Waals surface area contributed by atoms with Crippen molar-refractivity contribution in [1.82, 2.24) is 0 Å². The summed E-state index contributed by atoms with van der Waals surface area (Å²) in [7, 11) is 0. The number of rotatable bonds is 65. The van der Waals surface area contributed by atoms with Crippen molar-refractivity contribution >= 4 is 17.9 Å². The van der Waals surface area contributed by atoms with Crippen LogP contribution in [0.3, 0.4) is 0 Å². The minimum atomic E-state index is -0.775. The molecule has 1 unspecified atom stereocenters. The molecule has 0 aromatic rings. The predicted molar refractivity (Wildman–Crippen MR) is 344 cm³/mol. The fourth-order valence-corrected chi connectivity index (χ4v) is 10.6. The summed E-state index contributed by atoms with van der Waals surface area (Å²) in [5.74, 6) is -0.864. The lowest BCUT2D eigenvalue weighted by Crippen LogP contribution is -2.30. The first kappa shape index (κ1) is 76.4. The number of carbonyl (C=O) groups excluding carboxylic acids is 3. The summed E-state index contributed by atoms with van der Waals surface area (Å²) < 4.78 is 16.9. The van der Waals surface area contributed by atoms with Gasteiger partial charge in [-0.2, -0.15) is 0 Å². The van der Waals surface area contributed by atoms with E-state index in [0.29, 0.717) is 19.3 Å². The normalized spacial score (nSPS) is 12.3. The molecule has 0 aliphatic heterocycles. The molecule has 0 fully saturated rings. The van der Waals surface area contributed by atoms with Crippen molar-refractivity contribution in [2.75, 3.05) is 13.2 Å². The van der Waals surface area contributed by atoms with Crippen LogP contribution in [0.4, 0.5) is 0 Å². The molecule has 0 aromatic heterocycles. The maximum absolute atomic E-state index is 12.9. The van der Waals surface area contributed by atoms with Gasteiger partial charge in [0, 0.05) is 19.3 Å². The monoisotopic (exact) mass is 1110 g/mol. The SMILES string of the molecule is CC/C=C\C/C=C\C/C=C\CCCCCCCCCC(=O)OC(COC(=O)CCCCCCCCCCC)COC(=O)CCCCCCCCCCCCCCCCCCCCCCCCC/C=C\CCCCCCCCCC. The summed E-state index contributed by atoms with van der Waals surface area (Å²) in [6.07, 6.45) is 86.1. The van der Waals surface area contributed by atoms with Gasteiger partial charge in [-0.3, -0.25) is 14.4 Å². The number of hydrogen-bond acceptors (Lipinski definition) is 6. The zero-order valence-corrected chi connectivity index (χ0v) is 53.2. The molecule has 79 heavy (non-hydrogen) atoms. The molecule has 0 spiro atoms. The molecular formula is C73H134O6. The molecular weight excluding hydrogens is 973 g/mol. The van der Waals surface area contributed by atoms with Crippen molar-refractivity contribution in [3.63, 3.8) is 0 Å². The van der Waals surface area contributed by atoms with Gasteiger partial charge in [0.1, 0.15) is 13.2 Å². The molecule has 0 amide bonds. The van der Waals surface area contributed by atoms with Crippen LogP contribution >= 0.6 is 0 Å². The van der Waals surface area contributed by atoms with E-state index < -0.39 is 6.10 Å².